The first kappa shape index (κ1) is 19.4. The molecule has 0 bridgehead atoms. The van der Waals surface area contributed by atoms with Crippen LogP contribution in [0.4, 0.5) is 5.69 Å². The molecule has 0 aliphatic carbocycles. The molecule has 136 valence electrons. The predicted molar refractivity (Wildman–Crippen MR) is 102 cm³/mol. The zero-order valence-corrected chi connectivity index (χ0v) is 15.3. The second kappa shape index (κ2) is 8.43. The van der Waals surface area contributed by atoms with Gasteiger partial charge in [0.1, 0.15) is 5.41 Å². The van der Waals surface area contributed by atoms with Crippen LogP contribution in [0, 0.1) is 5.41 Å². The van der Waals surface area contributed by atoms with Crippen LogP contribution >= 0.6 is 0 Å². The highest BCUT2D eigenvalue weighted by molar-refractivity contribution is 6.10. The first-order valence-corrected chi connectivity index (χ1v) is 8.55. The van der Waals surface area contributed by atoms with Gasteiger partial charge >= 0.3 is 0 Å². The Morgan fingerprint density at radius 2 is 1.62 bits per heavy atom. The van der Waals surface area contributed by atoms with E-state index >= 15 is 0 Å². The molecule has 0 unspecified atom stereocenters. The molecular weight excluding hydrogens is 328 g/mol. The summed E-state index contributed by atoms with van der Waals surface area (Å²) in [5.74, 6) is -0.844. The van der Waals surface area contributed by atoms with Crippen molar-refractivity contribution in [1.29, 1.82) is 0 Å². The van der Waals surface area contributed by atoms with Crippen molar-refractivity contribution in [1.82, 2.24) is 5.32 Å². The van der Waals surface area contributed by atoms with E-state index in [4.69, 9.17) is 0 Å². The van der Waals surface area contributed by atoms with Gasteiger partial charge in [-0.15, -0.1) is 0 Å². The smallest absolute Gasteiger partial charge is 0.239 e. The fourth-order valence-electron chi connectivity index (χ4n) is 2.39. The van der Waals surface area contributed by atoms with Gasteiger partial charge in [0.15, 0.2) is 5.78 Å². The Morgan fingerprint density at radius 1 is 0.923 bits per heavy atom. The third-order valence-corrected chi connectivity index (χ3v) is 4.20. The van der Waals surface area contributed by atoms with E-state index in [0.717, 1.165) is 5.56 Å². The molecule has 5 heteroatoms. The van der Waals surface area contributed by atoms with E-state index in [0.29, 0.717) is 24.2 Å². The molecule has 2 amide bonds. The number of ketones is 1. The fraction of sp³-hybridized carbons (Fsp3) is 0.286. The number of Topliss-reactive ketones (excluding diaryl/α,β-unsaturated/α-hetero) is 1. The molecule has 0 saturated heterocycles. The maximum Gasteiger partial charge on any atom is 0.239 e. The monoisotopic (exact) mass is 352 g/mol. The highest BCUT2D eigenvalue weighted by atomic mass is 16.2. The van der Waals surface area contributed by atoms with E-state index in [1.54, 1.807) is 38.1 Å². The second-order valence-electron chi connectivity index (χ2n) is 6.71. The summed E-state index contributed by atoms with van der Waals surface area (Å²) in [7, 11) is 0. The first-order valence-electron chi connectivity index (χ1n) is 8.55. The number of hydrogen-bond acceptors (Lipinski definition) is 3. The fourth-order valence-corrected chi connectivity index (χ4v) is 2.39. The maximum atomic E-state index is 12.5. The second-order valence-corrected chi connectivity index (χ2v) is 6.71. The Hall–Kier alpha value is -2.95. The summed E-state index contributed by atoms with van der Waals surface area (Å²) in [5.41, 5.74) is 0.889. The lowest BCUT2D eigenvalue weighted by molar-refractivity contribution is -0.138. The standard InChI is InChI=1S/C21H24N2O3/c1-15(24)17-10-7-11-18(14-17)23-20(26)21(2,3)19(25)22-13-12-16-8-5-4-6-9-16/h4-11,14H,12-13H2,1-3H3,(H,22,25)(H,23,26). The average molecular weight is 352 g/mol. The van der Waals surface area contributed by atoms with E-state index in [1.165, 1.54) is 6.92 Å². The summed E-state index contributed by atoms with van der Waals surface area (Å²) >= 11 is 0. The summed E-state index contributed by atoms with van der Waals surface area (Å²) in [6.45, 7) is 5.08. The Kier molecular flexibility index (Phi) is 6.28. The molecule has 5 nitrogen and oxygen atoms in total. The molecule has 0 radical (unpaired) electrons. The van der Waals surface area contributed by atoms with Crippen molar-refractivity contribution in [3.05, 3.63) is 65.7 Å². The minimum Gasteiger partial charge on any atom is -0.355 e. The van der Waals surface area contributed by atoms with Crippen molar-refractivity contribution in [2.24, 2.45) is 5.41 Å². The van der Waals surface area contributed by atoms with Crippen molar-refractivity contribution >= 4 is 23.3 Å². The molecular formula is C21H24N2O3. The van der Waals surface area contributed by atoms with Gasteiger partial charge in [0.05, 0.1) is 0 Å². The number of anilines is 1. The van der Waals surface area contributed by atoms with Crippen LogP contribution in [0.1, 0.15) is 36.7 Å². The van der Waals surface area contributed by atoms with Gasteiger partial charge in [0.25, 0.3) is 0 Å². The molecule has 0 fully saturated rings. The quantitative estimate of drug-likeness (QED) is 0.593. The van der Waals surface area contributed by atoms with Crippen molar-refractivity contribution in [3.63, 3.8) is 0 Å². The molecule has 2 rings (SSSR count). The van der Waals surface area contributed by atoms with Gasteiger partial charge in [-0.25, -0.2) is 0 Å². The van der Waals surface area contributed by atoms with Gasteiger partial charge in [0, 0.05) is 17.8 Å². The first-order chi connectivity index (χ1) is 12.3. The number of rotatable bonds is 7. The van der Waals surface area contributed by atoms with Crippen molar-refractivity contribution in [2.45, 2.75) is 27.2 Å². The minimum atomic E-state index is -1.23. The molecule has 0 aromatic heterocycles. The topological polar surface area (TPSA) is 75.3 Å². The number of carbonyl (C=O) groups is 3. The van der Waals surface area contributed by atoms with Crippen LogP contribution in [0.25, 0.3) is 0 Å². The van der Waals surface area contributed by atoms with Crippen LogP contribution in [-0.4, -0.2) is 24.1 Å². The number of amides is 2. The molecule has 0 saturated carbocycles. The van der Waals surface area contributed by atoms with Crippen LogP contribution in [0.5, 0.6) is 0 Å². The predicted octanol–water partition coefficient (Wildman–Crippen LogP) is 3.21. The third kappa shape index (κ3) is 5.02. The molecule has 26 heavy (non-hydrogen) atoms. The van der Waals surface area contributed by atoms with Crippen LogP contribution in [-0.2, 0) is 16.0 Å². The normalized spacial score (nSPS) is 10.9. The Labute approximate surface area is 153 Å². The zero-order valence-electron chi connectivity index (χ0n) is 15.3. The van der Waals surface area contributed by atoms with Crippen molar-refractivity contribution in [3.8, 4) is 0 Å². The molecule has 0 atom stereocenters. The summed E-state index contributed by atoms with van der Waals surface area (Å²) in [6.07, 6.45) is 0.699. The molecule has 2 N–H and O–H groups in total. The van der Waals surface area contributed by atoms with Gasteiger partial charge < -0.3 is 10.6 Å². The van der Waals surface area contributed by atoms with Crippen LogP contribution < -0.4 is 10.6 Å². The highest BCUT2D eigenvalue weighted by Gasteiger charge is 2.35. The molecule has 2 aromatic rings. The van der Waals surface area contributed by atoms with Gasteiger partial charge in [-0.1, -0.05) is 42.5 Å². The van der Waals surface area contributed by atoms with Crippen LogP contribution in [0.2, 0.25) is 0 Å². The lowest BCUT2D eigenvalue weighted by Crippen LogP contribution is -2.45. The maximum absolute atomic E-state index is 12.5. The summed E-state index contributed by atoms with van der Waals surface area (Å²) in [5, 5.41) is 5.53. The van der Waals surface area contributed by atoms with Gasteiger partial charge in [-0.3, -0.25) is 14.4 Å². The number of benzene rings is 2. The lowest BCUT2D eigenvalue weighted by Gasteiger charge is -2.23. The van der Waals surface area contributed by atoms with Crippen LogP contribution in [0.3, 0.4) is 0 Å². The zero-order chi connectivity index (χ0) is 19.2. The summed E-state index contributed by atoms with van der Waals surface area (Å²) < 4.78 is 0. The third-order valence-electron chi connectivity index (χ3n) is 4.20. The molecule has 0 aliphatic heterocycles. The van der Waals surface area contributed by atoms with E-state index in [9.17, 15) is 14.4 Å². The van der Waals surface area contributed by atoms with E-state index in [2.05, 4.69) is 10.6 Å². The Balaban J connectivity index is 1.94. The summed E-state index contributed by atoms with van der Waals surface area (Å²) in [6, 6.07) is 16.5. The van der Waals surface area contributed by atoms with Crippen LogP contribution in [0.15, 0.2) is 54.6 Å². The average Bonchev–Trinajstić information content (AvgIpc) is 2.62. The van der Waals surface area contributed by atoms with E-state index in [1.807, 2.05) is 30.3 Å². The van der Waals surface area contributed by atoms with Crippen molar-refractivity contribution in [2.75, 3.05) is 11.9 Å². The van der Waals surface area contributed by atoms with E-state index < -0.39 is 11.3 Å². The molecule has 0 aliphatic rings. The SMILES string of the molecule is CC(=O)c1cccc(NC(=O)C(C)(C)C(=O)NCCc2ccccc2)c1. The summed E-state index contributed by atoms with van der Waals surface area (Å²) in [4.78, 5) is 36.4. The number of hydrogen-bond donors (Lipinski definition) is 2. The highest BCUT2D eigenvalue weighted by Crippen LogP contribution is 2.20. The number of nitrogens with one attached hydrogen (secondary N) is 2. The van der Waals surface area contributed by atoms with Crippen molar-refractivity contribution < 1.29 is 14.4 Å². The largest absolute Gasteiger partial charge is 0.355 e. The molecule has 0 heterocycles. The Morgan fingerprint density at radius 3 is 2.27 bits per heavy atom. The number of carbonyl (C=O) groups excluding carboxylic acids is 3. The Bertz CT molecular complexity index is 798. The molecule has 2 aromatic carbocycles. The molecule has 0 spiro atoms. The van der Waals surface area contributed by atoms with E-state index in [-0.39, 0.29) is 11.7 Å². The minimum absolute atomic E-state index is 0.0842. The van der Waals surface area contributed by atoms with Gasteiger partial charge in [-0.2, -0.15) is 0 Å². The van der Waals surface area contributed by atoms with Gasteiger partial charge in [0.2, 0.25) is 11.8 Å². The lowest BCUT2D eigenvalue weighted by atomic mass is 9.90. The van der Waals surface area contributed by atoms with Gasteiger partial charge in [-0.05, 0) is 44.9 Å².